The number of ether oxygens (including phenoxy) is 1. The number of nitrogens with zero attached hydrogens (tertiary/aromatic N) is 4. The van der Waals surface area contributed by atoms with E-state index in [4.69, 9.17) is 4.74 Å². The summed E-state index contributed by atoms with van der Waals surface area (Å²) in [7, 11) is 0. The zero-order valence-electron chi connectivity index (χ0n) is 19.1. The fraction of sp³-hybridized carbons (Fsp3) is 0.273. The van der Waals surface area contributed by atoms with Crippen LogP contribution in [-0.2, 0) is 20.9 Å². The van der Waals surface area contributed by atoms with Gasteiger partial charge in [0.2, 0.25) is 11.1 Å². The first-order valence-electron chi connectivity index (χ1n) is 10.9. The molecule has 1 amide bonds. The molecule has 2 aliphatic rings. The van der Waals surface area contributed by atoms with Gasteiger partial charge < -0.3 is 9.84 Å². The molecule has 2 aromatic heterocycles. The lowest BCUT2D eigenvalue weighted by molar-refractivity contribution is -0.384. The highest BCUT2D eigenvalue weighted by Gasteiger charge is 2.58. The third-order valence-electron chi connectivity index (χ3n) is 5.57. The zero-order valence-corrected chi connectivity index (χ0v) is 22.4. The zero-order chi connectivity index (χ0) is 26.1. The molecule has 0 spiro atoms. The van der Waals surface area contributed by atoms with Crippen LogP contribution in [0, 0.1) is 16.0 Å². The largest absolute Gasteiger partial charge is 0.456 e. The maximum Gasteiger partial charge on any atom is 0.357 e. The number of hydrogen-bond donors (Lipinski definition) is 2. The van der Waals surface area contributed by atoms with E-state index < -0.39 is 22.9 Å². The summed E-state index contributed by atoms with van der Waals surface area (Å²) in [5, 5.41) is 30.6. The first-order chi connectivity index (χ1) is 17.8. The molecule has 3 atom stereocenters. The minimum Gasteiger partial charge on any atom is -0.456 e. The molecule has 0 saturated carbocycles. The number of H-pyrrole nitrogens is 1. The number of amides is 1. The number of hydrogen-bond acceptors (Lipinski definition) is 12. The summed E-state index contributed by atoms with van der Waals surface area (Å²) in [6, 6.07) is 9.57. The SMILES string of the molecule is C[C@@H](O)[C@H]1C(=O)N2C(C(=O)OCc3ccc([N+](=O)[O-])cc3)=C(SCSc3n[nH]c(-c4cccs4)n3)S[C@H]12. The normalized spacial score (nSPS) is 19.5. The van der Waals surface area contributed by atoms with Crippen LogP contribution in [-0.4, -0.2) is 58.6 Å². The molecule has 11 nitrogen and oxygen atoms in total. The summed E-state index contributed by atoms with van der Waals surface area (Å²) in [6.07, 6.45) is -0.846. The van der Waals surface area contributed by atoms with Crippen LogP contribution in [0.2, 0.25) is 0 Å². The lowest BCUT2D eigenvalue weighted by Gasteiger charge is -2.43. The quantitative estimate of drug-likeness (QED) is 0.0896. The number of aliphatic hydroxyl groups excluding tert-OH is 1. The summed E-state index contributed by atoms with van der Waals surface area (Å²) in [6.45, 7) is 1.45. The molecule has 1 fully saturated rings. The van der Waals surface area contributed by atoms with Crippen molar-refractivity contribution < 1.29 is 24.4 Å². The average molecular weight is 578 g/mol. The number of thiophene rings is 1. The Balaban J connectivity index is 1.27. The predicted molar refractivity (Wildman–Crippen MR) is 141 cm³/mol. The third kappa shape index (κ3) is 5.27. The van der Waals surface area contributed by atoms with Crippen LogP contribution in [0.4, 0.5) is 5.69 Å². The summed E-state index contributed by atoms with van der Waals surface area (Å²) in [5.74, 6) is -0.916. The molecule has 0 aliphatic carbocycles. The number of aliphatic hydroxyl groups is 1. The Morgan fingerprint density at radius 1 is 1.32 bits per heavy atom. The van der Waals surface area contributed by atoms with Crippen molar-refractivity contribution in [1.82, 2.24) is 20.1 Å². The number of fused-ring (bicyclic) bond motifs is 1. The van der Waals surface area contributed by atoms with Gasteiger partial charge in [-0.3, -0.25) is 24.9 Å². The second kappa shape index (κ2) is 10.9. The van der Waals surface area contributed by atoms with Gasteiger partial charge in [-0.25, -0.2) is 9.78 Å². The lowest BCUT2D eigenvalue weighted by Crippen LogP contribution is -2.60. The van der Waals surface area contributed by atoms with Crippen molar-refractivity contribution >= 4 is 64.2 Å². The molecule has 0 unspecified atom stereocenters. The number of aromatic amines is 1. The molecule has 2 aliphatic heterocycles. The molecule has 1 aromatic carbocycles. The van der Waals surface area contributed by atoms with Gasteiger partial charge in [-0.05, 0) is 36.1 Å². The van der Waals surface area contributed by atoms with E-state index in [9.17, 15) is 24.8 Å². The topological polar surface area (TPSA) is 152 Å². The molecule has 0 radical (unpaired) electrons. The minimum absolute atomic E-state index is 0.0618. The Morgan fingerprint density at radius 2 is 2.11 bits per heavy atom. The van der Waals surface area contributed by atoms with Crippen molar-refractivity contribution in [3.63, 3.8) is 0 Å². The summed E-state index contributed by atoms with van der Waals surface area (Å²) in [5.41, 5.74) is 0.668. The van der Waals surface area contributed by atoms with E-state index in [0.29, 0.717) is 25.9 Å². The number of benzene rings is 1. The summed E-state index contributed by atoms with van der Waals surface area (Å²) >= 11 is 5.67. The number of thioether (sulfide) groups is 3. The van der Waals surface area contributed by atoms with E-state index >= 15 is 0 Å². The number of non-ortho nitro benzene ring substituents is 1. The second-order valence-electron chi connectivity index (χ2n) is 7.97. The molecule has 4 heterocycles. The van der Waals surface area contributed by atoms with Gasteiger partial charge in [0, 0.05) is 12.1 Å². The van der Waals surface area contributed by atoms with Gasteiger partial charge in [0.15, 0.2) is 11.5 Å². The van der Waals surface area contributed by atoms with E-state index in [1.54, 1.807) is 18.3 Å². The minimum atomic E-state index is -0.846. The molecule has 2 N–H and O–H groups in total. The van der Waals surface area contributed by atoms with Crippen LogP contribution >= 0.6 is 46.6 Å². The number of aromatic nitrogens is 3. The Kier molecular flexibility index (Phi) is 7.57. The number of nitro groups is 1. The number of nitrogens with one attached hydrogen (secondary N) is 1. The summed E-state index contributed by atoms with van der Waals surface area (Å²) < 4.78 is 6.09. The number of nitro benzene ring substituents is 1. The van der Waals surface area contributed by atoms with Gasteiger partial charge >= 0.3 is 5.97 Å². The van der Waals surface area contributed by atoms with Crippen molar-refractivity contribution in [2.75, 3.05) is 5.08 Å². The van der Waals surface area contributed by atoms with E-state index in [0.717, 1.165) is 4.88 Å². The van der Waals surface area contributed by atoms with Crippen LogP contribution in [0.3, 0.4) is 0 Å². The molecule has 192 valence electrons. The smallest absolute Gasteiger partial charge is 0.357 e. The molecule has 5 rings (SSSR count). The Morgan fingerprint density at radius 3 is 2.78 bits per heavy atom. The predicted octanol–water partition coefficient (Wildman–Crippen LogP) is 4.05. The third-order valence-corrected chi connectivity index (χ3v) is 10.1. The molecular formula is C22H19N5O6S4. The fourth-order valence-electron chi connectivity index (χ4n) is 3.74. The number of β-lactam (4-membered cyclic amide) rings is 1. The number of esters is 1. The highest BCUT2D eigenvalue weighted by atomic mass is 32.2. The Labute approximate surface area is 227 Å². The second-order valence-corrected chi connectivity index (χ2v) is 12.6. The molecule has 3 aromatic rings. The van der Waals surface area contributed by atoms with Crippen LogP contribution in [0.1, 0.15) is 12.5 Å². The molecule has 0 bridgehead atoms. The highest BCUT2D eigenvalue weighted by molar-refractivity contribution is 8.27. The van der Waals surface area contributed by atoms with E-state index in [-0.39, 0.29) is 29.3 Å². The number of carbonyl (C=O) groups excluding carboxylic acids is 2. The van der Waals surface area contributed by atoms with Crippen molar-refractivity contribution in [2.24, 2.45) is 5.92 Å². The van der Waals surface area contributed by atoms with E-state index in [2.05, 4.69) is 15.2 Å². The highest BCUT2D eigenvalue weighted by Crippen LogP contribution is 2.54. The van der Waals surface area contributed by atoms with Gasteiger partial charge in [-0.2, -0.15) is 0 Å². The maximum absolute atomic E-state index is 13.1. The van der Waals surface area contributed by atoms with E-state index in [1.165, 1.54) is 64.5 Å². The van der Waals surface area contributed by atoms with Crippen LogP contribution in [0.15, 0.2) is 56.9 Å². The Hall–Kier alpha value is -2.85. The van der Waals surface area contributed by atoms with Gasteiger partial charge in [0.1, 0.15) is 12.0 Å². The fourth-order valence-corrected chi connectivity index (χ4v) is 8.40. The van der Waals surface area contributed by atoms with Gasteiger partial charge in [-0.15, -0.1) is 28.2 Å². The van der Waals surface area contributed by atoms with Gasteiger partial charge in [-0.1, -0.05) is 29.6 Å². The monoisotopic (exact) mass is 577 g/mol. The van der Waals surface area contributed by atoms with Crippen molar-refractivity contribution in [2.45, 2.75) is 30.2 Å². The molecular weight excluding hydrogens is 559 g/mol. The first-order valence-corrected chi connectivity index (χ1v) is 14.6. The van der Waals surface area contributed by atoms with Crippen molar-refractivity contribution in [1.29, 1.82) is 0 Å². The first kappa shape index (κ1) is 25.8. The van der Waals surface area contributed by atoms with Crippen LogP contribution < -0.4 is 0 Å². The lowest BCUT2D eigenvalue weighted by atomic mass is 9.92. The molecule has 1 saturated heterocycles. The molecule has 15 heteroatoms. The van der Waals surface area contributed by atoms with E-state index in [1.807, 2.05) is 17.5 Å². The summed E-state index contributed by atoms with van der Waals surface area (Å²) in [4.78, 5) is 43.0. The van der Waals surface area contributed by atoms with Gasteiger partial charge in [0.25, 0.3) is 5.69 Å². The number of carbonyl (C=O) groups is 2. The van der Waals surface area contributed by atoms with Crippen LogP contribution in [0.5, 0.6) is 0 Å². The Bertz CT molecular complexity index is 1360. The van der Waals surface area contributed by atoms with Crippen molar-refractivity contribution in [3.05, 3.63) is 67.4 Å². The average Bonchev–Trinajstić information content (AvgIpc) is 3.62. The standard InChI is InChI=1S/C22H19N5O6S4/c1-11(28)15-18(29)26-16(20(30)33-9-12-4-6-13(7-5-12)27(31)32)21(37-19(15)26)35-10-36-22-23-17(24-25-22)14-3-2-8-34-14/h2-8,11,15,19,28H,9-10H2,1H3,(H,23,24,25)/t11-,15+,19-/m1/s1. The van der Waals surface area contributed by atoms with Gasteiger partial charge in [0.05, 0.1) is 31.1 Å². The number of rotatable bonds is 10. The maximum atomic E-state index is 13.1. The van der Waals surface area contributed by atoms with Crippen LogP contribution in [0.25, 0.3) is 10.7 Å². The van der Waals surface area contributed by atoms with Crippen molar-refractivity contribution in [3.8, 4) is 10.7 Å². The molecule has 37 heavy (non-hydrogen) atoms.